The van der Waals surface area contributed by atoms with Gasteiger partial charge in [-0.2, -0.15) is 0 Å². The van der Waals surface area contributed by atoms with Crippen LogP contribution in [0.2, 0.25) is 0 Å². The molecule has 1 aromatic rings. The van der Waals surface area contributed by atoms with E-state index in [4.69, 9.17) is 4.84 Å². The maximum Gasteiger partial charge on any atom is 0.0636 e. The van der Waals surface area contributed by atoms with Gasteiger partial charge in [-0.15, -0.1) is 0 Å². The van der Waals surface area contributed by atoms with Crippen molar-refractivity contribution >= 4 is 5.70 Å². The number of allylic oxidation sites excluding steroid dienone is 1. The highest BCUT2D eigenvalue weighted by molar-refractivity contribution is 5.62. The Morgan fingerprint density at radius 2 is 1.92 bits per heavy atom. The van der Waals surface area contributed by atoms with E-state index in [0.717, 1.165) is 11.3 Å². The predicted octanol–water partition coefficient (Wildman–Crippen LogP) is 2.51. The SMILES string of the molecule is C/C=C(/NOC)c1ccc(C)cc1. The van der Waals surface area contributed by atoms with Crippen molar-refractivity contribution in [3.63, 3.8) is 0 Å². The van der Waals surface area contributed by atoms with Crippen LogP contribution in [0.25, 0.3) is 5.70 Å². The highest BCUT2D eigenvalue weighted by Gasteiger charge is 1.97. The highest BCUT2D eigenvalue weighted by atomic mass is 16.6. The maximum atomic E-state index is 4.86. The summed E-state index contributed by atoms with van der Waals surface area (Å²) in [6.07, 6.45) is 1.98. The largest absolute Gasteiger partial charge is 0.279 e. The van der Waals surface area contributed by atoms with Gasteiger partial charge in [-0.25, -0.2) is 0 Å². The van der Waals surface area contributed by atoms with Gasteiger partial charge in [0, 0.05) is 0 Å². The molecular weight excluding hydrogens is 162 g/mol. The van der Waals surface area contributed by atoms with Crippen molar-refractivity contribution in [3.05, 3.63) is 41.5 Å². The van der Waals surface area contributed by atoms with Crippen molar-refractivity contribution in [1.29, 1.82) is 0 Å². The molecule has 0 atom stereocenters. The van der Waals surface area contributed by atoms with Crippen LogP contribution in [0.5, 0.6) is 0 Å². The Hall–Kier alpha value is -1.28. The van der Waals surface area contributed by atoms with Crippen LogP contribution < -0.4 is 5.48 Å². The highest BCUT2D eigenvalue weighted by Crippen LogP contribution is 2.11. The molecular formula is C11H15NO. The first-order chi connectivity index (χ1) is 6.27. The minimum Gasteiger partial charge on any atom is -0.279 e. The zero-order valence-corrected chi connectivity index (χ0v) is 8.29. The van der Waals surface area contributed by atoms with E-state index in [0.29, 0.717) is 0 Å². The first-order valence-corrected chi connectivity index (χ1v) is 4.30. The average molecular weight is 177 g/mol. The molecule has 0 aliphatic rings. The molecule has 0 aliphatic heterocycles. The Labute approximate surface area is 79.2 Å². The van der Waals surface area contributed by atoms with E-state index in [1.807, 2.05) is 13.0 Å². The predicted molar refractivity (Wildman–Crippen MR) is 55.0 cm³/mol. The minimum absolute atomic E-state index is 0.988. The zero-order valence-electron chi connectivity index (χ0n) is 8.29. The van der Waals surface area contributed by atoms with Gasteiger partial charge in [-0.3, -0.25) is 10.3 Å². The molecule has 1 aromatic carbocycles. The lowest BCUT2D eigenvalue weighted by atomic mass is 10.1. The minimum atomic E-state index is 0.988. The van der Waals surface area contributed by atoms with E-state index in [2.05, 4.69) is 36.7 Å². The molecule has 0 saturated carbocycles. The number of benzene rings is 1. The third-order valence-electron chi connectivity index (χ3n) is 1.86. The molecule has 0 aromatic heterocycles. The molecule has 70 valence electrons. The van der Waals surface area contributed by atoms with Gasteiger partial charge in [0.05, 0.1) is 12.8 Å². The molecule has 0 amide bonds. The lowest BCUT2D eigenvalue weighted by molar-refractivity contribution is 0.136. The molecule has 0 aliphatic carbocycles. The summed E-state index contributed by atoms with van der Waals surface area (Å²) < 4.78 is 0. The van der Waals surface area contributed by atoms with Crippen LogP contribution in [-0.4, -0.2) is 7.11 Å². The van der Waals surface area contributed by atoms with E-state index in [-0.39, 0.29) is 0 Å². The van der Waals surface area contributed by atoms with Crippen LogP contribution >= 0.6 is 0 Å². The Kier molecular flexibility index (Phi) is 3.53. The maximum absolute atomic E-state index is 4.86. The fourth-order valence-corrected chi connectivity index (χ4v) is 1.13. The molecule has 2 nitrogen and oxygen atoms in total. The summed E-state index contributed by atoms with van der Waals surface area (Å²) in [5, 5.41) is 0. The summed E-state index contributed by atoms with van der Waals surface area (Å²) in [5.41, 5.74) is 6.21. The zero-order chi connectivity index (χ0) is 9.68. The van der Waals surface area contributed by atoms with Crippen LogP contribution in [0.1, 0.15) is 18.1 Å². The topological polar surface area (TPSA) is 21.3 Å². The van der Waals surface area contributed by atoms with Gasteiger partial charge in [-0.1, -0.05) is 35.9 Å². The van der Waals surface area contributed by atoms with E-state index < -0.39 is 0 Å². The lowest BCUT2D eigenvalue weighted by Gasteiger charge is -2.08. The fourth-order valence-electron chi connectivity index (χ4n) is 1.13. The average Bonchev–Trinajstić information content (AvgIpc) is 2.16. The van der Waals surface area contributed by atoms with Crippen LogP contribution in [0.4, 0.5) is 0 Å². The van der Waals surface area contributed by atoms with Gasteiger partial charge < -0.3 is 0 Å². The number of aryl methyl sites for hydroxylation is 1. The summed E-state index contributed by atoms with van der Waals surface area (Å²) in [5.74, 6) is 0. The van der Waals surface area contributed by atoms with Gasteiger partial charge in [0.25, 0.3) is 0 Å². The molecule has 0 bridgehead atoms. The third-order valence-corrected chi connectivity index (χ3v) is 1.86. The molecule has 0 unspecified atom stereocenters. The van der Waals surface area contributed by atoms with Crippen molar-refractivity contribution in [3.8, 4) is 0 Å². The summed E-state index contributed by atoms with van der Waals surface area (Å²) in [7, 11) is 1.61. The van der Waals surface area contributed by atoms with E-state index in [9.17, 15) is 0 Å². The molecule has 1 N–H and O–H groups in total. The molecule has 0 spiro atoms. The fraction of sp³-hybridized carbons (Fsp3) is 0.273. The number of hydrogen-bond donors (Lipinski definition) is 1. The van der Waals surface area contributed by atoms with Crippen molar-refractivity contribution in [2.75, 3.05) is 7.11 Å². The van der Waals surface area contributed by atoms with E-state index >= 15 is 0 Å². The third kappa shape index (κ3) is 2.60. The molecule has 0 radical (unpaired) electrons. The summed E-state index contributed by atoms with van der Waals surface area (Å²) >= 11 is 0. The molecule has 0 saturated heterocycles. The summed E-state index contributed by atoms with van der Waals surface area (Å²) in [6.45, 7) is 4.05. The standard InChI is InChI=1S/C11H15NO/c1-4-11(12-13-3)10-7-5-9(2)6-8-10/h4-8,12H,1-3H3/b11-4+. The second-order valence-electron chi connectivity index (χ2n) is 2.87. The Morgan fingerprint density at radius 3 is 2.38 bits per heavy atom. The number of rotatable bonds is 3. The summed E-state index contributed by atoms with van der Waals surface area (Å²) in [6, 6.07) is 8.29. The van der Waals surface area contributed by atoms with Crippen molar-refractivity contribution < 1.29 is 4.84 Å². The van der Waals surface area contributed by atoms with E-state index in [1.54, 1.807) is 7.11 Å². The van der Waals surface area contributed by atoms with Gasteiger partial charge in [0.2, 0.25) is 0 Å². The van der Waals surface area contributed by atoms with Crippen LogP contribution in [-0.2, 0) is 4.84 Å². The second kappa shape index (κ2) is 4.67. The van der Waals surface area contributed by atoms with Gasteiger partial charge >= 0.3 is 0 Å². The van der Waals surface area contributed by atoms with E-state index in [1.165, 1.54) is 5.56 Å². The Morgan fingerprint density at radius 1 is 1.31 bits per heavy atom. The molecule has 0 fully saturated rings. The van der Waals surface area contributed by atoms with Crippen molar-refractivity contribution in [2.24, 2.45) is 0 Å². The molecule has 13 heavy (non-hydrogen) atoms. The Bertz CT molecular complexity index is 287. The van der Waals surface area contributed by atoms with Crippen LogP contribution in [0, 0.1) is 6.92 Å². The lowest BCUT2D eigenvalue weighted by Crippen LogP contribution is -2.09. The normalized spacial score (nSPS) is 11.5. The van der Waals surface area contributed by atoms with Crippen molar-refractivity contribution in [1.82, 2.24) is 5.48 Å². The first-order valence-electron chi connectivity index (χ1n) is 4.30. The van der Waals surface area contributed by atoms with Crippen LogP contribution in [0.3, 0.4) is 0 Å². The van der Waals surface area contributed by atoms with Gasteiger partial charge in [0.1, 0.15) is 0 Å². The number of hydrogen-bond acceptors (Lipinski definition) is 2. The summed E-state index contributed by atoms with van der Waals surface area (Å²) in [4.78, 5) is 4.86. The second-order valence-corrected chi connectivity index (χ2v) is 2.87. The smallest absolute Gasteiger partial charge is 0.0636 e. The monoisotopic (exact) mass is 177 g/mol. The Balaban J connectivity index is 2.87. The number of hydroxylamine groups is 1. The number of nitrogens with one attached hydrogen (secondary N) is 1. The molecule has 1 rings (SSSR count). The van der Waals surface area contributed by atoms with Crippen molar-refractivity contribution in [2.45, 2.75) is 13.8 Å². The van der Waals surface area contributed by atoms with Crippen LogP contribution in [0.15, 0.2) is 30.3 Å². The first kappa shape index (κ1) is 9.81. The molecule has 2 heteroatoms. The van der Waals surface area contributed by atoms with Gasteiger partial charge in [0.15, 0.2) is 0 Å². The van der Waals surface area contributed by atoms with Gasteiger partial charge in [-0.05, 0) is 19.4 Å². The molecule has 0 heterocycles. The quantitative estimate of drug-likeness (QED) is 0.716.